The molecule has 7 heteroatoms. The zero-order valence-electron chi connectivity index (χ0n) is 18.3. The number of phenols is 6. The minimum atomic E-state index is -0.832. The third kappa shape index (κ3) is 4.27. The van der Waals surface area contributed by atoms with Gasteiger partial charge in [-0.25, -0.2) is 0 Å². The van der Waals surface area contributed by atoms with Crippen LogP contribution in [0, 0.1) is 0 Å². The highest BCUT2D eigenvalue weighted by Crippen LogP contribution is 2.54. The molecule has 0 bridgehead atoms. The average molecular weight is 470 g/mol. The maximum absolute atomic E-state index is 10.6. The molecule has 6 N–H and O–H groups in total. The molecule has 0 aromatic heterocycles. The SMILES string of the molecule is Oc1ccc(/C=C/c2cc(O)cc3c2[C@@H](c2cc(O)cc(O)c2)[C@H](c2cc(O)ccc2O)O3)cc1. The number of phenolic OH excluding ortho intramolecular Hbond substituents is 6. The van der Waals surface area contributed by atoms with Gasteiger partial charge >= 0.3 is 0 Å². The Balaban J connectivity index is 1.70. The Kier molecular flexibility index (Phi) is 5.37. The van der Waals surface area contributed by atoms with Crippen LogP contribution in [0.1, 0.15) is 39.8 Å². The average Bonchev–Trinajstić information content (AvgIpc) is 3.18. The Morgan fingerprint density at radius 2 is 1.26 bits per heavy atom. The van der Waals surface area contributed by atoms with Crippen LogP contribution in [-0.4, -0.2) is 30.6 Å². The molecule has 4 aromatic rings. The second kappa shape index (κ2) is 8.53. The lowest BCUT2D eigenvalue weighted by Crippen LogP contribution is -2.12. The Labute approximate surface area is 200 Å². The van der Waals surface area contributed by atoms with Crippen molar-refractivity contribution in [2.24, 2.45) is 0 Å². The van der Waals surface area contributed by atoms with Crippen LogP contribution in [0.4, 0.5) is 0 Å². The number of fused-ring (bicyclic) bond motifs is 1. The van der Waals surface area contributed by atoms with E-state index in [0.717, 1.165) is 5.56 Å². The van der Waals surface area contributed by atoms with Crippen molar-refractivity contribution in [1.82, 2.24) is 0 Å². The minimum Gasteiger partial charge on any atom is -0.508 e. The van der Waals surface area contributed by atoms with Crippen molar-refractivity contribution in [3.05, 3.63) is 101 Å². The van der Waals surface area contributed by atoms with Crippen molar-refractivity contribution >= 4 is 12.2 Å². The molecule has 0 saturated heterocycles. The molecule has 35 heavy (non-hydrogen) atoms. The van der Waals surface area contributed by atoms with E-state index in [-0.39, 0.29) is 34.5 Å². The molecular weight excluding hydrogens is 448 g/mol. The van der Waals surface area contributed by atoms with Crippen molar-refractivity contribution < 1.29 is 35.4 Å². The minimum absolute atomic E-state index is 0.0348. The van der Waals surface area contributed by atoms with Crippen LogP contribution in [0.3, 0.4) is 0 Å². The van der Waals surface area contributed by atoms with Crippen LogP contribution in [0.25, 0.3) is 12.2 Å². The van der Waals surface area contributed by atoms with Crippen molar-refractivity contribution in [2.75, 3.05) is 0 Å². The van der Waals surface area contributed by atoms with Gasteiger partial charge in [-0.05, 0) is 65.2 Å². The summed E-state index contributed by atoms with van der Waals surface area (Å²) in [4.78, 5) is 0. The molecule has 7 nitrogen and oxygen atoms in total. The molecule has 4 aromatic carbocycles. The van der Waals surface area contributed by atoms with Crippen LogP contribution in [0.5, 0.6) is 40.2 Å². The van der Waals surface area contributed by atoms with Crippen molar-refractivity contribution in [2.45, 2.75) is 12.0 Å². The van der Waals surface area contributed by atoms with Crippen molar-refractivity contribution in [3.8, 4) is 40.2 Å². The van der Waals surface area contributed by atoms with Gasteiger partial charge in [-0.3, -0.25) is 0 Å². The van der Waals surface area contributed by atoms with Gasteiger partial charge < -0.3 is 35.4 Å². The number of hydrogen-bond acceptors (Lipinski definition) is 7. The second-order valence-corrected chi connectivity index (χ2v) is 8.41. The Bertz CT molecular complexity index is 1420. The van der Waals surface area contributed by atoms with E-state index < -0.39 is 12.0 Å². The first kappa shape index (κ1) is 22.0. The van der Waals surface area contributed by atoms with Crippen LogP contribution in [0.2, 0.25) is 0 Å². The lowest BCUT2D eigenvalue weighted by Gasteiger charge is -2.22. The summed E-state index contributed by atoms with van der Waals surface area (Å²) < 4.78 is 6.20. The molecule has 0 aliphatic carbocycles. The first-order valence-electron chi connectivity index (χ1n) is 10.8. The van der Waals surface area contributed by atoms with E-state index in [1.807, 2.05) is 6.08 Å². The first-order valence-corrected chi connectivity index (χ1v) is 10.8. The fraction of sp³-hybridized carbons (Fsp3) is 0.0714. The van der Waals surface area contributed by atoms with Gasteiger partial charge in [0, 0.05) is 23.3 Å². The lowest BCUT2D eigenvalue weighted by molar-refractivity contribution is 0.216. The molecule has 0 spiro atoms. The fourth-order valence-electron chi connectivity index (χ4n) is 4.48. The summed E-state index contributed by atoms with van der Waals surface area (Å²) in [7, 11) is 0. The molecule has 0 unspecified atom stereocenters. The normalized spacial score (nSPS) is 16.8. The molecule has 1 heterocycles. The summed E-state index contributed by atoms with van der Waals surface area (Å²) in [5, 5.41) is 60.9. The Hall–Kier alpha value is -4.78. The standard InChI is InChI=1S/C28H22O7/c29-18-5-2-15(3-6-18)1-4-16-9-22(33)14-25-26(16)27(17-10-20(31)12-21(32)11-17)28(35-25)23-13-19(30)7-8-24(23)34/h1-14,27-34H/b4-1+/t27-,28+/m1/s1. The fourth-order valence-corrected chi connectivity index (χ4v) is 4.48. The maximum Gasteiger partial charge on any atom is 0.138 e. The zero-order valence-corrected chi connectivity index (χ0v) is 18.3. The first-order chi connectivity index (χ1) is 16.8. The number of hydrogen-bond donors (Lipinski definition) is 6. The van der Waals surface area contributed by atoms with E-state index >= 15 is 0 Å². The molecule has 1 aliphatic heterocycles. The Morgan fingerprint density at radius 1 is 0.600 bits per heavy atom. The van der Waals surface area contributed by atoms with E-state index in [9.17, 15) is 30.6 Å². The highest BCUT2D eigenvalue weighted by atomic mass is 16.5. The van der Waals surface area contributed by atoms with E-state index in [0.29, 0.717) is 28.0 Å². The number of ether oxygens (including phenoxy) is 1. The quantitative estimate of drug-likeness (QED) is 0.175. The predicted molar refractivity (Wildman–Crippen MR) is 130 cm³/mol. The summed E-state index contributed by atoms with van der Waals surface area (Å²) in [6, 6.07) is 18.0. The molecule has 0 saturated carbocycles. The van der Waals surface area contributed by atoms with Gasteiger partial charge in [-0.15, -0.1) is 0 Å². The molecule has 0 fully saturated rings. The summed E-state index contributed by atoms with van der Waals surface area (Å²) in [5.74, 6) is -0.601. The van der Waals surface area contributed by atoms with Gasteiger partial charge in [0.2, 0.25) is 0 Å². The lowest BCUT2D eigenvalue weighted by atomic mass is 9.82. The molecule has 0 radical (unpaired) electrons. The molecule has 176 valence electrons. The second-order valence-electron chi connectivity index (χ2n) is 8.41. The summed E-state index contributed by atoms with van der Waals surface area (Å²) in [6.07, 6.45) is 2.76. The van der Waals surface area contributed by atoms with Gasteiger partial charge in [0.1, 0.15) is 46.4 Å². The van der Waals surface area contributed by atoms with Gasteiger partial charge in [-0.1, -0.05) is 24.3 Å². The zero-order chi connectivity index (χ0) is 24.7. The van der Waals surface area contributed by atoms with E-state index in [1.54, 1.807) is 36.4 Å². The van der Waals surface area contributed by atoms with Gasteiger partial charge in [-0.2, -0.15) is 0 Å². The van der Waals surface area contributed by atoms with Gasteiger partial charge in [0.15, 0.2) is 0 Å². The highest BCUT2D eigenvalue weighted by molar-refractivity contribution is 5.75. The Morgan fingerprint density at radius 3 is 1.97 bits per heavy atom. The third-order valence-electron chi connectivity index (χ3n) is 5.98. The van der Waals surface area contributed by atoms with Gasteiger partial charge in [0.05, 0.1) is 5.92 Å². The monoisotopic (exact) mass is 470 g/mol. The summed E-state index contributed by atoms with van der Waals surface area (Å²) in [5.41, 5.74) is 2.91. The topological polar surface area (TPSA) is 131 Å². The van der Waals surface area contributed by atoms with Crippen molar-refractivity contribution in [1.29, 1.82) is 0 Å². The molecule has 5 rings (SSSR count). The third-order valence-corrected chi connectivity index (χ3v) is 5.98. The molecule has 0 amide bonds. The van der Waals surface area contributed by atoms with E-state index in [1.165, 1.54) is 42.5 Å². The number of rotatable bonds is 4. The van der Waals surface area contributed by atoms with Crippen LogP contribution in [-0.2, 0) is 0 Å². The molecular formula is C28H22O7. The van der Waals surface area contributed by atoms with E-state index in [4.69, 9.17) is 4.74 Å². The van der Waals surface area contributed by atoms with Crippen LogP contribution in [0.15, 0.2) is 72.8 Å². The van der Waals surface area contributed by atoms with Crippen LogP contribution >= 0.6 is 0 Å². The predicted octanol–water partition coefficient (Wildman–Crippen LogP) is 5.36. The largest absolute Gasteiger partial charge is 0.508 e. The maximum atomic E-state index is 10.6. The molecule has 2 atom stereocenters. The number of aromatic hydroxyl groups is 6. The highest BCUT2D eigenvalue weighted by Gasteiger charge is 2.40. The summed E-state index contributed by atoms with van der Waals surface area (Å²) in [6.45, 7) is 0. The number of benzene rings is 4. The summed E-state index contributed by atoms with van der Waals surface area (Å²) >= 11 is 0. The smallest absolute Gasteiger partial charge is 0.138 e. The van der Waals surface area contributed by atoms with E-state index in [2.05, 4.69) is 0 Å². The van der Waals surface area contributed by atoms with Crippen LogP contribution < -0.4 is 4.74 Å². The van der Waals surface area contributed by atoms with Gasteiger partial charge in [0.25, 0.3) is 0 Å². The van der Waals surface area contributed by atoms with Crippen molar-refractivity contribution in [3.63, 3.8) is 0 Å². The molecule has 1 aliphatic rings.